The lowest BCUT2D eigenvalue weighted by molar-refractivity contribution is -0.305. The predicted molar refractivity (Wildman–Crippen MR) is 93.7 cm³/mol. The van der Waals surface area contributed by atoms with E-state index in [9.17, 15) is 24.6 Å². The summed E-state index contributed by atoms with van der Waals surface area (Å²) < 4.78 is 0. The smallest absolute Gasteiger partial charge is 0.138 e. The lowest BCUT2D eigenvalue weighted by Crippen LogP contribution is -2.22. The Kier molecular flexibility index (Phi) is 10.6. The SMILES string of the molecule is CCCCCC(=O)CC[C@H]1[C@H](O)CC(=O)[C@@H]1CCCCCCC(=O)[O-]. The lowest BCUT2D eigenvalue weighted by atomic mass is 9.85. The lowest BCUT2D eigenvalue weighted by Gasteiger charge is -2.20. The first-order chi connectivity index (χ1) is 12.0. The van der Waals surface area contributed by atoms with Gasteiger partial charge in [-0.05, 0) is 38.0 Å². The molecule has 144 valence electrons. The van der Waals surface area contributed by atoms with Crippen LogP contribution in [0.5, 0.6) is 0 Å². The number of carbonyl (C=O) groups excluding carboxylic acids is 3. The highest BCUT2D eigenvalue weighted by Gasteiger charge is 2.40. The predicted octanol–water partition coefficient (Wildman–Crippen LogP) is 2.57. The number of aliphatic hydroxyl groups excluding tert-OH is 1. The number of unbranched alkanes of at least 4 members (excludes halogenated alkanes) is 5. The van der Waals surface area contributed by atoms with Gasteiger partial charge in [-0.15, -0.1) is 0 Å². The van der Waals surface area contributed by atoms with Crippen LogP contribution in [0.25, 0.3) is 0 Å². The molecule has 1 aliphatic carbocycles. The molecule has 0 amide bonds. The summed E-state index contributed by atoms with van der Waals surface area (Å²) in [5, 5.41) is 20.5. The van der Waals surface area contributed by atoms with Crippen molar-refractivity contribution in [3.63, 3.8) is 0 Å². The van der Waals surface area contributed by atoms with Crippen molar-refractivity contribution in [2.24, 2.45) is 11.8 Å². The third kappa shape index (κ3) is 8.61. The van der Waals surface area contributed by atoms with E-state index in [1.54, 1.807) is 0 Å². The molecule has 0 saturated heterocycles. The van der Waals surface area contributed by atoms with Crippen molar-refractivity contribution >= 4 is 17.5 Å². The molecule has 1 rings (SSSR count). The summed E-state index contributed by atoms with van der Waals surface area (Å²) in [4.78, 5) is 34.4. The maximum Gasteiger partial charge on any atom is 0.138 e. The Bertz CT molecular complexity index is 432. The summed E-state index contributed by atoms with van der Waals surface area (Å²) >= 11 is 0. The number of hydrogen-bond acceptors (Lipinski definition) is 5. The van der Waals surface area contributed by atoms with Gasteiger partial charge in [0, 0.05) is 31.1 Å². The van der Waals surface area contributed by atoms with Crippen LogP contribution in [0.3, 0.4) is 0 Å². The fraction of sp³-hybridized carbons (Fsp3) is 0.850. The molecule has 0 spiro atoms. The van der Waals surface area contributed by atoms with Crippen molar-refractivity contribution in [1.29, 1.82) is 0 Å². The van der Waals surface area contributed by atoms with Gasteiger partial charge >= 0.3 is 0 Å². The zero-order valence-electron chi connectivity index (χ0n) is 15.5. The number of aliphatic hydroxyl groups is 1. The van der Waals surface area contributed by atoms with E-state index in [-0.39, 0.29) is 36.2 Å². The molecule has 1 saturated carbocycles. The van der Waals surface area contributed by atoms with E-state index >= 15 is 0 Å². The Morgan fingerprint density at radius 1 is 1.00 bits per heavy atom. The quantitative estimate of drug-likeness (QED) is 0.484. The first-order valence-electron chi connectivity index (χ1n) is 9.88. The molecule has 0 bridgehead atoms. The maximum atomic E-state index is 12.1. The molecule has 0 aromatic heterocycles. The van der Waals surface area contributed by atoms with Crippen LogP contribution in [-0.4, -0.2) is 28.7 Å². The summed E-state index contributed by atoms with van der Waals surface area (Å²) in [5.41, 5.74) is 0. The van der Waals surface area contributed by atoms with Gasteiger partial charge in [0.1, 0.15) is 11.6 Å². The minimum absolute atomic E-state index is 0.0871. The first kappa shape index (κ1) is 21.8. The van der Waals surface area contributed by atoms with Gasteiger partial charge in [0.25, 0.3) is 0 Å². The van der Waals surface area contributed by atoms with Gasteiger partial charge in [0.15, 0.2) is 0 Å². The normalized spacial score (nSPS) is 23.1. The van der Waals surface area contributed by atoms with Crippen molar-refractivity contribution in [3.05, 3.63) is 0 Å². The van der Waals surface area contributed by atoms with Gasteiger partial charge < -0.3 is 15.0 Å². The third-order valence-corrected chi connectivity index (χ3v) is 5.30. The summed E-state index contributed by atoms with van der Waals surface area (Å²) in [6, 6.07) is 0. The van der Waals surface area contributed by atoms with Gasteiger partial charge in [-0.1, -0.05) is 39.0 Å². The Morgan fingerprint density at radius 2 is 1.68 bits per heavy atom. The summed E-state index contributed by atoms with van der Waals surface area (Å²) in [5.74, 6) is -0.894. The summed E-state index contributed by atoms with van der Waals surface area (Å²) in [6.45, 7) is 2.11. The van der Waals surface area contributed by atoms with Crippen LogP contribution in [0.4, 0.5) is 0 Å². The van der Waals surface area contributed by atoms with Crippen LogP contribution in [0.1, 0.15) is 90.4 Å². The molecule has 0 heterocycles. The molecule has 0 aliphatic heterocycles. The van der Waals surface area contributed by atoms with Crippen LogP contribution in [-0.2, 0) is 14.4 Å². The van der Waals surface area contributed by atoms with Crippen LogP contribution >= 0.6 is 0 Å². The Hall–Kier alpha value is -1.23. The second-order valence-electron chi connectivity index (χ2n) is 7.37. The third-order valence-electron chi connectivity index (χ3n) is 5.30. The largest absolute Gasteiger partial charge is 0.550 e. The molecule has 1 aliphatic rings. The molecule has 0 aromatic rings. The van der Waals surface area contributed by atoms with Crippen molar-refractivity contribution in [2.75, 3.05) is 0 Å². The van der Waals surface area contributed by atoms with Crippen molar-refractivity contribution in [2.45, 2.75) is 96.5 Å². The topological polar surface area (TPSA) is 94.5 Å². The molecule has 5 heteroatoms. The number of rotatable bonds is 14. The van der Waals surface area contributed by atoms with E-state index in [0.29, 0.717) is 25.7 Å². The molecular formula is C20H33O5-. The van der Waals surface area contributed by atoms with E-state index in [1.165, 1.54) is 0 Å². The molecule has 3 atom stereocenters. The molecule has 5 nitrogen and oxygen atoms in total. The monoisotopic (exact) mass is 353 g/mol. The van der Waals surface area contributed by atoms with E-state index in [2.05, 4.69) is 6.92 Å². The maximum absolute atomic E-state index is 12.1. The van der Waals surface area contributed by atoms with E-state index in [4.69, 9.17) is 0 Å². The molecule has 1 fully saturated rings. The number of carboxylic acids is 1. The number of carboxylic acid groups (broad SMARTS) is 1. The van der Waals surface area contributed by atoms with Gasteiger partial charge in [0.2, 0.25) is 0 Å². The highest BCUT2D eigenvalue weighted by atomic mass is 16.4. The Balaban J connectivity index is 2.31. The van der Waals surface area contributed by atoms with Gasteiger partial charge in [-0.25, -0.2) is 0 Å². The minimum atomic E-state index is -1.02. The molecule has 0 radical (unpaired) electrons. The van der Waals surface area contributed by atoms with E-state index < -0.39 is 12.1 Å². The first-order valence-corrected chi connectivity index (χ1v) is 9.88. The van der Waals surface area contributed by atoms with Crippen LogP contribution < -0.4 is 5.11 Å². The number of aliphatic carboxylic acids is 1. The number of hydrogen-bond donors (Lipinski definition) is 1. The number of Topliss-reactive ketones (excluding diaryl/α,β-unsaturated/α-hetero) is 2. The molecular weight excluding hydrogens is 320 g/mol. The van der Waals surface area contributed by atoms with E-state index in [0.717, 1.165) is 44.9 Å². The zero-order chi connectivity index (χ0) is 18.7. The second-order valence-corrected chi connectivity index (χ2v) is 7.37. The number of ketones is 2. The standard InChI is InChI=1S/C20H34O5/c1-2-3-6-9-15(21)12-13-17-16(18(22)14-19(17)23)10-7-4-5-8-11-20(24)25/h16-17,19,23H,2-14H2,1H3,(H,24,25)/p-1/t16-,17-,19-/m1/s1. The Morgan fingerprint density at radius 3 is 2.36 bits per heavy atom. The van der Waals surface area contributed by atoms with Gasteiger partial charge in [-0.2, -0.15) is 0 Å². The van der Waals surface area contributed by atoms with Crippen LogP contribution in [0.15, 0.2) is 0 Å². The molecule has 0 aromatic carbocycles. The van der Waals surface area contributed by atoms with Crippen molar-refractivity contribution in [3.8, 4) is 0 Å². The number of carbonyl (C=O) groups is 3. The average molecular weight is 353 g/mol. The summed E-state index contributed by atoms with van der Waals surface area (Å²) in [7, 11) is 0. The fourth-order valence-corrected chi connectivity index (χ4v) is 3.80. The highest BCUT2D eigenvalue weighted by Crippen LogP contribution is 2.36. The van der Waals surface area contributed by atoms with Gasteiger partial charge in [-0.3, -0.25) is 9.59 Å². The van der Waals surface area contributed by atoms with Gasteiger partial charge in [0.05, 0.1) is 6.10 Å². The fourth-order valence-electron chi connectivity index (χ4n) is 3.80. The minimum Gasteiger partial charge on any atom is -0.550 e. The van der Waals surface area contributed by atoms with Crippen LogP contribution in [0, 0.1) is 11.8 Å². The van der Waals surface area contributed by atoms with Crippen LogP contribution in [0.2, 0.25) is 0 Å². The second kappa shape index (κ2) is 12.2. The zero-order valence-corrected chi connectivity index (χ0v) is 15.5. The van der Waals surface area contributed by atoms with Crippen molar-refractivity contribution < 1.29 is 24.6 Å². The molecule has 1 N–H and O–H groups in total. The average Bonchev–Trinajstić information content (AvgIpc) is 2.82. The highest BCUT2D eigenvalue weighted by molar-refractivity contribution is 5.84. The Labute approximate surface area is 151 Å². The summed E-state index contributed by atoms with van der Waals surface area (Å²) in [6.07, 6.45) is 8.34. The molecule has 25 heavy (non-hydrogen) atoms. The van der Waals surface area contributed by atoms with E-state index in [1.807, 2.05) is 0 Å². The van der Waals surface area contributed by atoms with Crippen molar-refractivity contribution in [1.82, 2.24) is 0 Å². The molecule has 0 unspecified atom stereocenters.